The molecule has 0 aliphatic carbocycles. The van der Waals surface area contributed by atoms with Gasteiger partial charge >= 0.3 is 6.03 Å². The van der Waals surface area contributed by atoms with Gasteiger partial charge in [0.15, 0.2) is 11.5 Å². The summed E-state index contributed by atoms with van der Waals surface area (Å²) in [5.74, 6) is -0.841. The van der Waals surface area contributed by atoms with E-state index in [1.54, 1.807) is 24.3 Å². The highest BCUT2D eigenvalue weighted by atomic mass is 35.5. The summed E-state index contributed by atoms with van der Waals surface area (Å²) >= 11 is 6.52. The second-order valence-corrected chi connectivity index (χ2v) is 9.38. The van der Waals surface area contributed by atoms with Crippen LogP contribution in [0.1, 0.15) is 33.4 Å². The first kappa shape index (κ1) is 26.0. The lowest BCUT2D eigenvalue weighted by atomic mass is 10.0. The van der Waals surface area contributed by atoms with Gasteiger partial charge in [0.2, 0.25) is 0 Å². The Bertz CT molecular complexity index is 1460. The number of hydrogen-bond acceptors (Lipinski definition) is 5. The van der Waals surface area contributed by atoms with Crippen LogP contribution in [-0.2, 0) is 16.2 Å². The predicted octanol–water partition coefficient (Wildman–Crippen LogP) is 5.83. The number of carbonyl (C=O) groups is 3. The predicted molar refractivity (Wildman–Crippen MR) is 143 cm³/mol. The van der Waals surface area contributed by atoms with E-state index in [-0.39, 0.29) is 17.2 Å². The number of carbonyl (C=O) groups excluding carboxylic acids is 3. The molecule has 0 aromatic heterocycles. The molecule has 0 bridgehead atoms. The average Bonchev–Trinajstić information content (AvgIpc) is 2.85. The number of urea groups is 1. The molecule has 3 aromatic rings. The number of barbiturate groups is 1. The van der Waals surface area contributed by atoms with Crippen molar-refractivity contribution in [3.8, 4) is 11.5 Å². The smallest absolute Gasteiger partial charge is 0.335 e. The fraction of sp³-hybridized carbons (Fsp3) is 0.207. The molecular weight excluding hydrogens is 492 g/mol. The standard InChI is InChI=1S/C29H27ClN2O5/c1-16-6-8-20(10-18(16)3)15-37-26-24(30)13-21(14-25(26)36-5)12-23-27(33)31-29(35)32(28(23)34)22-9-7-17(2)19(4)11-22/h6-14H,15H2,1-5H3,(H,31,33,35)/b23-12+. The van der Waals surface area contributed by atoms with Gasteiger partial charge in [-0.2, -0.15) is 0 Å². The molecule has 4 rings (SSSR count). The van der Waals surface area contributed by atoms with Crippen molar-refractivity contribution in [3.63, 3.8) is 0 Å². The van der Waals surface area contributed by atoms with Crippen molar-refractivity contribution in [3.05, 3.63) is 92.5 Å². The molecule has 190 valence electrons. The zero-order valence-electron chi connectivity index (χ0n) is 21.3. The number of nitrogens with one attached hydrogen (secondary N) is 1. The lowest BCUT2D eigenvalue weighted by Crippen LogP contribution is -2.54. The molecule has 8 heteroatoms. The van der Waals surface area contributed by atoms with Gasteiger partial charge in [0.1, 0.15) is 12.2 Å². The molecule has 1 aliphatic heterocycles. The van der Waals surface area contributed by atoms with Crippen LogP contribution < -0.4 is 19.7 Å². The van der Waals surface area contributed by atoms with Gasteiger partial charge in [0.25, 0.3) is 11.8 Å². The van der Waals surface area contributed by atoms with Crippen LogP contribution in [0.4, 0.5) is 10.5 Å². The maximum atomic E-state index is 13.3. The maximum absolute atomic E-state index is 13.3. The monoisotopic (exact) mass is 518 g/mol. The van der Waals surface area contributed by atoms with Gasteiger partial charge in [-0.1, -0.05) is 35.9 Å². The third kappa shape index (κ3) is 5.37. The summed E-state index contributed by atoms with van der Waals surface area (Å²) in [6.45, 7) is 8.17. The fourth-order valence-electron chi connectivity index (χ4n) is 3.94. The Morgan fingerprint density at radius 3 is 2.22 bits per heavy atom. The summed E-state index contributed by atoms with van der Waals surface area (Å²) in [7, 11) is 1.48. The third-order valence-corrected chi connectivity index (χ3v) is 6.65. The summed E-state index contributed by atoms with van der Waals surface area (Å²) in [5.41, 5.74) is 5.85. The molecule has 0 spiro atoms. The van der Waals surface area contributed by atoms with E-state index in [1.165, 1.54) is 18.7 Å². The molecule has 1 saturated heterocycles. The van der Waals surface area contributed by atoms with Crippen LogP contribution in [0.5, 0.6) is 11.5 Å². The minimum absolute atomic E-state index is 0.209. The number of ether oxygens (including phenoxy) is 2. The van der Waals surface area contributed by atoms with Crippen LogP contribution in [0, 0.1) is 27.7 Å². The molecule has 7 nitrogen and oxygen atoms in total. The first-order valence-corrected chi connectivity index (χ1v) is 12.0. The van der Waals surface area contributed by atoms with Gasteiger partial charge in [-0.05, 0) is 91.4 Å². The van der Waals surface area contributed by atoms with Gasteiger partial charge < -0.3 is 9.47 Å². The molecule has 1 heterocycles. The molecule has 0 saturated carbocycles. The zero-order valence-corrected chi connectivity index (χ0v) is 22.0. The van der Waals surface area contributed by atoms with E-state index < -0.39 is 17.8 Å². The van der Waals surface area contributed by atoms with Gasteiger partial charge in [-0.3, -0.25) is 14.9 Å². The number of anilines is 1. The topological polar surface area (TPSA) is 84.9 Å². The molecule has 37 heavy (non-hydrogen) atoms. The number of amides is 4. The van der Waals surface area contributed by atoms with E-state index in [0.717, 1.165) is 27.2 Å². The van der Waals surface area contributed by atoms with Crippen LogP contribution in [0.15, 0.2) is 54.1 Å². The zero-order chi connectivity index (χ0) is 26.9. The average molecular weight is 519 g/mol. The summed E-state index contributed by atoms with van der Waals surface area (Å²) in [6, 6.07) is 13.6. The van der Waals surface area contributed by atoms with Gasteiger partial charge in [-0.25, -0.2) is 9.69 Å². The third-order valence-electron chi connectivity index (χ3n) is 6.37. The van der Waals surface area contributed by atoms with Crippen molar-refractivity contribution < 1.29 is 23.9 Å². The number of imide groups is 2. The Labute approximate surface area is 220 Å². The van der Waals surface area contributed by atoms with Gasteiger partial charge in [0.05, 0.1) is 17.8 Å². The highest BCUT2D eigenvalue weighted by Gasteiger charge is 2.37. The van der Waals surface area contributed by atoms with Crippen molar-refractivity contribution in [1.29, 1.82) is 0 Å². The minimum atomic E-state index is -0.805. The Morgan fingerprint density at radius 1 is 0.892 bits per heavy atom. The van der Waals surface area contributed by atoms with Crippen LogP contribution in [0.2, 0.25) is 5.02 Å². The second-order valence-electron chi connectivity index (χ2n) is 8.97. The van der Waals surface area contributed by atoms with Crippen LogP contribution in [0.3, 0.4) is 0 Å². The summed E-state index contributed by atoms with van der Waals surface area (Å²) in [5, 5.41) is 2.48. The quantitative estimate of drug-likeness (QED) is 0.328. The van der Waals surface area contributed by atoms with Crippen LogP contribution in [0.25, 0.3) is 6.08 Å². The Morgan fingerprint density at radius 2 is 1.57 bits per heavy atom. The van der Waals surface area contributed by atoms with E-state index in [1.807, 2.05) is 52.0 Å². The van der Waals surface area contributed by atoms with Crippen molar-refractivity contribution in [1.82, 2.24) is 5.32 Å². The van der Waals surface area contributed by atoms with E-state index >= 15 is 0 Å². The number of methoxy groups -OCH3 is 1. The molecule has 1 N–H and O–H groups in total. The second kappa shape index (κ2) is 10.5. The highest BCUT2D eigenvalue weighted by molar-refractivity contribution is 6.39. The number of hydrogen-bond donors (Lipinski definition) is 1. The lowest BCUT2D eigenvalue weighted by molar-refractivity contribution is -0.122. The van der Waals surface area contributed by atoms with Crippen molar-refractivity contribution >= 4 is 41.2 Å². The van der Waals surface area contributed by atoms with Crippen LogP contribution in [-0.4, -0.2) is 25.0 Å². The number of aryl methyl sites for hydroxylation is 4. The molecular formula is C29H27ClN2O5. The van der Waals surface area contributed by atoms with E-state index in [0.29, 0.717) is 22.7 Å². The lowest BCUT2D eigenvalue weighted by Gasteiger charge is -2.27. The summed E-state index contributed by atoms with van der Waals surface area (Å²) in [4.78, 5) is 39.3. The first-order chi connectivity index (χ1) is 17.6. The Hall–Kier alpha value is -4.10. The first-order valence-electron chi connectivity index (χ1n) is 11.6. The number of benzene rings is 3. The van der Waals surface area contributed by atoms with E-state index in [4.69, 9.17) is 21.1 Å². The van der Waals surface area contributed by atoms with Crippen LogP contribution >= 0.6 is 11.6 Å². The summed E-state index contributed by atoms with van der Waals surface area (Å²) in [6.07, 6.45) is 1.37. The normalized spacial score (nSPS) is 14.7. The molecule has 1 aliphatic rings. The van der Waals surface area contributed by atoms with Gasteiger partial charge in [-0.15, -0.1) is 0 Å². The summed E-state index contributed by atoms with van der Waals surface area (Å²) < 4.78 is 11.4. The number of halogens is 1. The van der Waals surface area contributed by atoms with E-state index in [9.17, 15) is 14.4 Å². The Balaban J connectivity index is 1.64. The Kier molecular flexibility index (Phi) is 7.36. The van der Waals surface area contributed by atoms with Crippen molar-refractivity contribution in [2.75, 3.05) is 12.0 Å². The SMILES string of the molecule is COc1cc(/C=C2\C(=O)NC(=O)N(c3ccc(C)c(C)c3)C2=O)cc(Cl)c1OCc1ccc(C)c(C)c1. The highest BCUT2D eigenvalue weighted by Crippen LogP contribution is 2.38. The van der Waals surface area contributed by atoms with Crippen molar-refractivity contribution in [2.24, 2.45) is 0 Å². The molecule has 0 unspecified atom stereocenters. The minimum Gasteiger partial charge on any atom is -0.493 e. The van der Waals surface area contributed by atoms with Crippen molar-refractivity contribution in [2.45, 2.75) is 34.3 Å². The molecule has 0 radical (unpaired) electrons. The number of nitrogens with zero attached hydrogens (tertiary/aromatic N) is 1. The molecule has 1 fully saturated rings. The maximum Gasteiger partial charge on any atom is 0.335 e. The fourth-order valence-corrected chi connectivity index (χ4v) is 4.21. The molecule has 3 aromatic carbocycles. The number of rotatable bonds is 6. The molecule has 0 atom stereocenters. The molecule has 4 amide bonds. The van der Waals surface area contributed by atoms with Gasteiger partial charge in [0, 0.05) is 0 Å². The van der Waals surface area contributed by atoms with E-state index in [2.05, 4.69) is 5.32 Å². The largest absolute Gasteiger partial charge is 0.493 e.